The topological polar surface area (TPSA) is 58.6 Å². The summed E-state index contributed by atoms with van der Waals surface area (Å²) in [5.41, 5.74) is 1.39. The van der Waals surface area contributed by atoms with E-state index in [1.807, 2.05) is 0 Å². The number of methoxy groups -OCH3 is 1. The van der Waals surface area contributed by atoms with Gasteiger partial charge in [-0.1, -0.05) is 0 Å². The van der Waals surface area contributed by atoms with E-state index >= 15 is 0 Å². The van der Waals surface area contributed by atoms with E-state index in [1.165, 1.54) is 5.57 Å². The van der Waals surface area contributed by atoms with E-state index in [0.29, 0.717) is 18.1 Å². The van der Waals surface area contributed by atoms with Gasteiger partial charge in [-0.05, 0) is 43.9 Å². The number of carboxylic acids is 1. The summed E-state index contributed by atoms with van der Waals surface area (Å²) in [6.07, 6.45) is 7.74. The second-order valence-corrected chi connectivity index (χ2v) is 5.02. The summed E-state index contributed by atoms with van der Waals surface area (Å²) >= 11 is 0. The summed E-state index contributed by atoms with van der Waals surface area (Å²) in [4.78, 5) is 10.5. The van der Waals surface area contributed by atoms with Crippen molar-refractivity contribution in [1.82, 2.24) is 5.32 Å². The molecule has 0 amide bonds. The average molecular weight is 239 g/mol. The van der Waals surface area contributed by atoms with Gasteiger partial charge in [-0.15, -0.1) is 0 Å². The predicted molar refractivity (Wildman–Crippen MR) is 64.6 cm³/mol. The lowest BCUT2D eigenvalue weighted by molar-refractivity contribution is -0.137. The van der Waals surface area contributed by atoms with Crippen molar-refractivity contribution >= 4 is 5.97 Å². The summed E-state index contributed by atoms with van der Waals surface area (Å²) in [5.74, 6) is -0.144. The summed E-state index contributed by atoms with van der Waals surface area (Å²) in [5, 5.41) is 12.1. The first-order valence-electron chi connectivity index (χ1n) is 6.40. The number of fused-ring (bicyclic) bond motifs is 1. The third-order valence-corrected chi connectivity index (χ3v) is 3.95. The minimum atomic E-state index is -0.702. The maximum Gasteiger partial charge on any atom is 0.303 e. The van der Waals surface area contributed by atoms with Gasteiger partial charge in [-0.25, -0.2) is 0 Å². The molecule has 2 N–H and O–H groups in total. The largest absolute Gasteiger partial charge is 0.481 e. The van der Waals surface area contributed by atoms with Crippen molar-refractivity contribution in [3.8, 4) is 0 Å². The van der Waals surface area contributed by atoms with E-state index in [0.717, 1.165) is 32.1 Å². The molecule has 4 heteroatoms. The van der Waals surface area contributed by atoms with Crippen molar-refractivity contribution in [2.75, 3.05) is 7.11 Å². The molecule has 2 rings (SSSR count). The molecule has 0 bridgehead atoms. The van der Waals surface area contributed by atoms with Gasteiger partial charge in [0.1, 0.15) is 0 Å². The Morgan fingerprint density at radius 1 is 1.59 bits per heavy atom. The number of ether oxygens (including phenoxy) is 1. The van der Waals surface area contributed by atoms with Crippen LogP contribution in [0.3, 0.4) is 0 Å². The fourth-order valence-electron chi connectivity index (χ4n) is 2.98. The number of aliphatic carboxylic acids is 1. The van der Waals surface area contributed by atoms with Crippen molar-refractivity contribution in [1.29, 1.82) is 0 Å². The van der Waals surface area contributed by atoms with Crippen molar-refractivity contribution < 1.29 is 14.6 Å². The maximum absolute atomic E-state index is 10.5. The molecule has 0 aromatic carbocycles. The quantitative estimate of drug-likeness (QED) is 0.769. The third kappa shape index (κ3) is 3.00. The highest BCUT2D eigenvalue weighted by molar-refractivity contribution is 5.66. The van der Waals surface area contributed by atoms with Crippen LogP contribution in [-0.4, -0.2) is 30.3 Å². The molecule has 3 atom stereocenters. The van der Waals surface area contributed by atoms with Gasteiger partial charge in [0.25, 0.3) is 0 Å². The Bertz CT molecular complexity index is 314. The first-order valence-corrected chi connectivity index (χ1v) is 6.40. The number of carboxylic acid groups (broad SMARTS) is 1. The second kappa shape index (κ2) is 5.54. The van der Waals surface area contributed by atoms with Crippen LogP contribution in [0.2, 0.25) is 0 Å². The molecular weight excluding hydrogens is 218 g/mol. The fraction of sp³-hybridized carbons (Fsp3) is 0.769. The van der Waals surface area contributed by atoms with Gasteiger partial charge in [0.15, 0.2) is 0 Å². The van der Waals surface area contributed by atoms with E-state index < -0.39 is 5.97 Å². The van der Waals surface area contributed by atoms with Crippen LogP contribution in [0, 0.1) is 5.92 Å². The molecule has 1 fully saturated rings. The molecule has 1 aliphatic carbocycles. The fourth-order valence-corrected chi connectivity index (χ4v) is 2.98. The number of carbonyl (C=O) groups is 1. The van der Waals surface area contributed by atoms with Crippen LogP contribution in [0.1, 0.15) is 38.5 Å². The molecule has 4 nitrogen and oxygen atoms in total. The molecule has 0 aromatic rings. The zero-order chi connectivity index (χ0) is 12.3. The molecule has 0 saturated heterocycles. The van der Waals surface area contributed by atoms with Crippen LogP contribution in [0.4, 0.5) is 0 Å². The Kier molecular flexibility index (Phi) is 4.05. The summed E-state index contributed by atoms with van der Waals surface area (Å²) in [7, 11) is 1.78. The number of hydrogen-bond acceptors (Lipinski definition) is 3. The minimum absolute atomic E-state index is 0.266. The molecule has 96 valence electrons. The summed E-state index contributed by atoms with van der Waals surface area (Å²) in [6, 6.07) is 0.557. The van der Waals surface area contributed by atoms with Crippen LogP contribution in [-0.2, 0) is 9.53 Å². The Labute approximate surface area is 102 Å². The lowest BCUT2D eigenvalue weighted by Crippen LogP contribution is -2.36. The minimum Gasteiger partial charge on any atom is -0.481 e. The standard InChI is InChI=1S/C13H21NO3/c1-17-10-5-6-12-11(7-10)9(8-14-12)3-2-4-13(15)16/h8,10-12,14H,2-7H2,1H3,(H,15,16). The van der Waals surface area contributed by atoms with Gasteiger partial charge < -0.3 is 15.2 Å². The van der Waals surface area contributed by atoms with Crippen LogP contribution in [0.5, 0.6) is 0 Å². The van der Waals surface area contributed by atoms with Gasteiger partial charge in [0, 0.05) is 25.5 Å². The second-order valence-electron chi connectivity index (χ2n) is 5.02. The normalized spacial score (nSPS) is 31.6. The Morgan fingerprint density at radius 2 is 2.41 bits per heavy atom. The summed E-state index contributed by atoms with van der Waals surface area (Å²) in [6.45, 7) is 0. The van der Waals surface area contributed by atoms with Crippen molar-refractivity contribution in [2.24, 2.45) is 5.92 Å². The number of nitrogens with one attached hydrogen (secondary N) is 1. The SMILES string of the molecule is COC1CCC2NC=C(CCCC(=O)O)C2C1. The zero-order valence-corrected chi connectivity index (χ0v) is 10.3. The molecular formula is C13H21NO3. The highest BCUT2D eigenvalue weighted by atomic mass is 16.5. The highest BCUT2D eigenvalue weighted by Gasteiger charge is 2.35. The molecule has 1 aliphatic heterocycles. The Hall–Kier alpha value is -1.03. The number of rotatable bonds is 5. The molecule has 0 radical (unpaired) electrons. The molecule has 1 heterocycles. The van der Waals surface area contributed by atoms with Gasteiger partial charge in [0.05, 0.1) is 6.10 Å². The number of hydrogen-bond donors (Lipinski definition) is 2. The van der Waals surface area contributed by atoms with Gasteiger partial charge in [-0.3, -0.25) is 4.79 Å². The van der Waals surface area contributed by atoms with Gasteiger partial charge >= 0.3 is 5.97 Å². The molecule has 0 aromatic heterocycles. The molecule has 17 heavy (non-hydrogen) atoms. The van der Waals surface area contributed by atoms with Crippen molar-refractivity contribution in [2.45, 2.75) is 50.7 Å². The van der Waals surface area contributed by atoms with Crippen LogP contribution < -0.4 is 5.32 Å². The zero-order valence-electron chi connectivity index (χ0n) is 10.3. The first kappa shape index (κ1) is 12.4. The molecule has 2 aliphatic rings. The van der Waals surface area contributed by atoms with E-state index in [1.54, 1.807) is 7.11 Å². The smallest absolute Gasteiger partial charge is 0.303 e. The van der Waals surface area contributed by atoms with Crippen LogP contribution in [0.25, 0.3) is 0 Å². The lowest BCUT2D eigenvalue weighted by Gasteiger charge is -2.32. The highest BCUT2D eigenvalue weighted by Crippen LogP contribution is 2.36. The third-order valence-electron chi connectivity index (χ3n) is 3.95. The maximum atomic E-state index is 10.5. The van der Waals surface area contributed by atoms with Gasteiger partial charge in [0.2, 0.25) is 0 Å². The van der Waals surface area contributed by atoms with Crippen molar-refractivity contribution in [3.05, 3.63) is 11.8 Å². The predicted octanol–water partition coefficient (Wildman–Crippen LogP) is 1.91. The molecule has 3 unspecified atom stereocenters. The van der Waals surface area contributed by atoms with Gasteiger partial charge in [-0.2, -0.15) is 0 Å². The van der Waals surface area contributed by atoms with Crippen LogP contribution >= 0.6 is 0 Å². The average Bonchev–Trinajstić information content (AvgIpc) is 2.71. The van der Waals surface area contributed by atoms with E-state index in [4.69, 9.17) is 9.84 Å². The Morgan fingerprint density at radius 3 is 3.12 bits per heavy atom. The molecule has 0 spiro atoms. The monoisotopic (exact) mass is 239 g/mol. The first-order chi connectivity index (χ1) is 8.20. The lowest BCUT2D eigenvalue weighted by atomic mass is 9.79. The Balaban J connectivity index is 1.84. The van der Waals surface area contributed by atoms with E-state index in [2.05, 4.69) is 11.5 Å². The van der Waals surface area contributed by atoms with E-state index in [9.17, 15) is 4.79 Å². The van der Waals surface area contributed by atoms with Crippen molar-refractivity contribution in [3.63, 3.8) is 0 Å². The van der Waals surface area contributed by atoms with E-state index in [-0.39, 0.29) is 6.42 Å². The summed E-state index contributed by atoms with van der Waals surface area (Å²) < 4.78 is 5.44. The van der Waals surface area contributed by atoms with Crippen LogP contribution in [0.15, 0.2) is 11.8 Å². The molecule has 1 saturated carbocycles.